The van der Waals surface area contributed by atoms with Crippen LogP contribution in [0.3, 0.4) is 0 Å². The Morgan fingerprint density at radius 3 is 2.28 bits per heavy atom. The number of sulfone groups is 1. The topological polar surface area (TPSA) is 99.1 Å². The Kier molecular flexibility index (Phi) is 6.68. The van der Waals surface area contributed by atoms with Crippen molar-refractivity contribution < 1.29 is 13.2 Å². The molecule has 1 amide bonds. The molecule has 1 saturated heterocycles. The molecule has 1 fully saturated rings. The lowest BCUT2D eigenvalue weighted by atomic mass is 9.97. The Balaban J connectivity index is 1.64. The van der Waals surface area contributed by atoms with E-state index in [0.29, 0.717) is 0 Å². The molecule has 0 unspecified atom stereocenters. The van der Waals surface area contributed by atoms with E-state index in [1.54, 1.807) is 24.3 Å². The van der Waals surface area contributed by atoms with Gasteiger partial charge in [-0.15, -0.1) is 0 Å². The third kappa shape index (κ3) is 5.43. The van der Waals surface area contributed by atoms with Gasteiger partial charge in [0.1, 0.15) is 0 Å². The van der Waals surface area contributed by atoms with Gasteiger partial charge in [-0.3, -0.25) is 4.79 Å². The minimum atomic E-state index is -3.22. The van der Waals surface area contributed by atoms with Gasteiger partial charge in [0.2, 0.25) is 5.91 Å². The summed E-state index contributed by atoms with van der Waals surface area (Å²) in [6, 6.07) is 16.4. The summed E-state index contributed by atoms with van der Waals surface area (Å²) in [5.41, 5.74) is 2.66. The molecular weight excluding hydrogens is 386 g/mol. The van der Waals surface area contributed by atoms with E-state index in [4.69, 9.17) is 0 Å². The van der Waals surface area contributed by atoms with Crippen LogP contribution in [0.15, 0.2) is 53.4 Å². The first-order valence-corrected chi connectivity index (χ1v) is 11.6. The second-order valence-electron chi connectivity index (χ2n) is 7.35. The molecule has 152 valence electrons. The second kappa shape index (κ2) is 9.21. The molecule has 2 aromatic carbocycles. The van der Waals surface area contributed by atoms with Crippen molar-refractivity contribution in [3.8, 4) is 17.2 Å². The first-order valence-electron chi connectivity index (χ1n) is 9.69. The quantitative estimate of drug-likeness (QED) is 0.761. The fraction of sp³-hybridized carbons (Fsp3) is 0.364. The largest absolute Gasteiger partial charge is 0.353 e. The van der Waals surface area contributed by atoms with Gasteiger partial charge in [-0.25, -0.2) is 8.42 Å². The fourth-order valence-corrected chi connectivity index (χ4v) is 4.07. The number of carbonyl (C=O) groups excluding carboxylic acids is 1. The van der Waals surface area contributed by atoms with Crippen LogP contribution in [-0.4, -0.2) is 39.7 Å². The number of benzene rings is 2. The van der Waals surface area contributed by atoms with Crippen LogP contribution in [0.25, 0.3) is 11.1 Å². The van der Waals surface area contributed by atoms with E-state index >= 15 is 0 Å². The molecule has 2 aromatic rings. The minimum absolute atomic E-state index is 0.0486. The highest BCUT2D eigenvalue weighted by atomic mass is 32.2. The van der Waals surface area contributed by atoms with Gasteiger partial charge in [0, 0.05) is 12.8 Å². The zero-order valence-electron chi connectivity index (χ0n) is 16.4. The third-order valence-electron chi connectivity index (χ3n) is 5.19. The van der Waals surface area contributed by atoms with Gasteiger partial charge in [0.05, 0.1) is 22.9 Å². The van der Waals surface area contributed by atoms with E-state index < -0.39 is 15.8 Å². The molecule has 1 aliphatic heterocycles. The summed E-state index contributed by atoms with van der Waals surface area (Å²) in [5.74, 6) is -0.475. The molecule has 0 saturated carbocycles. The molecule has 29 heavy (non-hydrogen) atoms. The standard InChI is InChI=1S/C22H25N3O3S/c1-29(27,28)20-11-9-17(10-12-20)16-5-7-18(8-6-16)19(14-23)15-25-22(26)21-4-2-3-13-24-21/h5-12,19,21,24H,2-4,13,15H2,1H3,(H,25,26)/t19-,21+/m1/s1. The third-order valence-corrected chi connectivity index (χ3v) is 6.32. The van der Waals surface area contributed by atoms with Gasteiger partial charge in [0.15, 0.2) is 9.84 Å². The van der Waals surface area contributed by atoms with Gasteiger partial charge in [-0.1, -0.05) is 42.8 Å². The summed E-state index contributed by atoms with van der Waals surface area (Å²) in [5, 5.41) is 15.6. The maximum atomic E-state index is 12.3. The molecule has 2 N–H and O–H groups in total. The maximum absolute atomic E-state index is 12.3. The lowest BCUT2D eigenvalue weighted by Crippen LogP contribution is -2.47. The maximum Gasteiger partial charge on any atom is 0.237 e. The average molecular weight is 412 g/mol. The summed E-state index contributed by atoms with van der Waals surface area (Å²) < 4.78 is 23.2. The van der Waals surface area contributed by atoms with Gasteiger partial charge >= 0.3 is 0 Å². The number of piperidine rings is 1. The number of nitriles is 1. The van der Waals surface area contributed by atoms with Gasteiger partial charge in [0.25, 0.3) is 0 Å². The Labute approximate surface area is 171 Å². The smallest absolute Gasteiger partial charge is 0.237 e. The molecule has 3 rings (SSSR count). The van der Waals surface area contributed by atoms with E-state index in [-0.39, 0.29) is 23.4 Å². The zero-order chi connectivity index (χ0) is 20.9. The van der Waals surface area contributed by atoms with Crippen LogP contribution < -0.4 is 10.6 Å². The van der Waals surface area contributed by atoms with Crippen LogP contribution in [0.4, 0.5) is 0 Å². The Bertz CT molecular complexity index is 987. The van der Waals surface area contributed by atoms with Gasteiger partial charge < -0.3 is 10.6 Å². The normalized spacial score (nSPS) is 17.9. The van der Waals surface area contributed by atoms with Crippen LogP contribution in [0, 0.1) is 11.3 Å². The van der Waals surface area contributed by atoms with E-state index in [1.807, 2.05) is 24.3 Å². The van der Waals surface area contributed by atoms with Crippen molar-refractivity contribution in [2.24, 2.45) is 0 Å². The first kappa shape index (κ1) is 21.0. The molecule has 0 bridgehead atoms. The lowest BCUT2D eigenvalue weighted by Gasteiger charge is -2.23. The molecule has 7 heteroatoms. The number of rotatable bonds is 6. The van der Waals surface area contributed by atoms with E-state index in [1.165, 1.54) is 6.26 Å². The summed E-state index contributed by atoms with van der Waals surface area (Å²) >= 11 is 0. The van der Waals surface area contributed by atoms with Crippen LogP contribution in [-0.2, 0) is 14.6 Å². The predicted octanol–water partition coefficient (Wildman–Crippen LogP) is 2.62. The molecule has 1 heterocycles. The molecule has 6 nitrogen and oxygen atoms in total. The van der Waals surface area contributed by atoms with Crippen molar-refractivity contribution in [2.45, 2.75) is 36.1 Å². The van der Waals surface area contributed by atoms with Crippen LogP contribution in [0.1, 0.15) is 30.7 Å². The van der Waals surface area contributed by atoms with Crippen molar-refractivity contribution >= 4 is 15.7 Å². The molecule has 2 atom stereocenters. The lowest BCUT2D eigenvalue weighted by molar-refractivity contribution is -0.123. The number of nitrogens with zero attached hydrogens (tertiary/aromatic N) is 1. The van der Waals surface area contributed by atoms with Crippen molar-refractivity contribution in [1.29, 1.82) is 5.26 Å². The second-order valence-corrected chi connectivity index (χ2v) is 9.36. The zero-order valence-corrected chi connectivity index (χ0v) is 17.2. The molecular formula is C22H25N3O3S. The number of amides is 1. The Morgan fingerprint density at radius 2 is 1.76 bits per heavy atom. The van der Waals surface area contributed by atoms with Crippen molar-refractivity contribution in [3.05, 3.63) is 54.1 Å². The number of hydrogen-bond acceptors (Lipinski definition) is 5. The first-order chi connectivity index (χ1) is 13.9. The highest BCUT2D eigenvalue weighted by Crippen LogP contribution is 2.24. The van der Waals surface area contributed by atoms with Crippen molar-refractivity contribution in [2.75, 3.05) is 19.3 Å². The molecule has 0 radical (unpaired) electrons. The number of hydrogen-bond donors (Lipinski definition) is 2. The summed E-state index contributed by atoms with van der Waals surface area (Å²) in [4.78, 5) is 12.5. The molecule has 1 aliphatic rings. The van der Waals surface area contributed by atoms with Crippen molar-refractivity contribution in [3.63, 3.8) is 0 Å². The Morgan fingerprint density at radius 1 is 1.14 bits per heavy atom. The highest BCUT2D eigenvalue weighted by molar-refractivity contribution is 7.90. The van der Waals surface area contributed by atoms with Crippen LogP contribution in [0.5, 0.6) is 0 Å². The summed E-state index contributed by atoms with van der Waals surface area (Å²) in [7, 11) is -3.22. The number of nitrogens with one attached hydrogen (secondary N) is 2. The molecule has 0 spiro atoms. The predicted molar refractivity (Wildman–Crippen MR) is 112 cm³/mol. The summed E-state index contributed by atoms with van der Waals surface area (Å²) in [6.07, 6.45) is 4.14. The Hall–Kier alpha value is -2.69. The van der Waals surface area contributed by atoms with E-state index in [9.17, 15) is 18.5 Å². The average Bonchev–Trinajstić information content (AvgIpc) is 2.74. The molecule has 0 aliphatic carbocycles. The fourth-order valence-electron chi connectivity index (χ4n) is 3.44. The molecule has 0 aromatic heterocycles. The van der Waals surface area contributed by atoms with E-state index in [0.717, 1.165) is 42.5 Å². The van der Waals surface area contributed by atoms with Crippen LogP contribution >= 0.6 is 0 Å². The monoisotopic (exact) mass is 411 g/mol. The summed E-state index contributed by atoms with van der Waals surface area (Å²) in [6.45, 7) is 1.13. The van der Waals surface area contributed by atoms with Crippen molar-refractivity contribution in [1.82, 2.24) is 10.6 Å². The van der Waals surface area contributed by atoms with Crippen LogP contribution in [0.2, 0.25) is 0 Å². The van der Waals surface area contributed by atoms with E-state index in [2.05, 4.69) is 16.7 Å². The minimum Gasteiger partial charge on any atom is -0.353 e. The number of carbonyl (C=O) groups is 1. The SMILES string of the molecule is CS(=O)(=O)c1ccc(-c2ccc([C@H](C#N)CNC(=O)[C@@H]3CCCCN3)cc2)cc1. The van der Waals surface area contributed by atoms with Gasteiger partial charge in [-0.05, 0) is 48.2 Å². The van der Waals surface area contributed by atoms with Gasteiger partial charge in [-0.2, -0.15) is 5.26 Å². The highest BCUT2D eigenvalue weighted by Gasteiger charge is 2.21.